The molecule has 0 aromatic carbocycles. The minimum Gasteiger partial charge on any atom is -0.494 e. The van der Waals surface area contributed by atoms with E-state index in [0.717, 1.165) is 6.20 Å². The second-order valence-corrected chi connectivity index (χ2v) is 3.09. The smallest absolute Gasteiger partial charge is 0.341 e. The summed E-state index contributed by atoms with van der Waals surface area (Å²) < 4.78 is 35.0. The van der Waals surface area contributed by atoms with Crippen molar-refractivity contribution in [3.8, 4) is 11.8 Å². The summed E-state index contributed by atoms with van der Waals surface area (Å²) in [4.78, 5) is 15.0. The molecule has 1 rings (SSSR count). The number of carbonyl (C=O) groups excluding carboxylic acids is 1. The van der Waals surface area contributed by atoms with Gasteiger partial charge in [0.2, 0.25) is 0 Å². The summed E-state index contributed by atoms with van der Waals surface area (Å²) in [5.74, 6) is -1.07. The summed E-state index contributed by atoms with van der Waals surface area (Å²) in [5, 5.41) is 8.94. The van der Waals surface area contributed by atoms with E-state index in [1.807, 2.05) is 0 Å². The minimum absolute atomic E-state index is 0.00356. The molecule has 0 aliphatic carbocycles. The van der Waals surface area contributed by atoms with Crippen LogP contribution in [-0.4, -0.2) is 24.7 Å². The molecule has 18 heavy (non-hydrogen) atoms. The fourth-order valence-electron chi connectivity index (χ4n) is 1.35. The molecule has 0 N–H and O–H groups in total. The third-order valence-electron chi connectivity index (χ3n) is 2.09. The number of hydrogen-bond donors (Lipinski definition) is 0. The number of esters is 1. The SMILES string of the molecule is CCOC(=O)c1c(C(F)F)ncc(OC)c1C#N. The predicted octanol–water partition coefficient (Wildman–Crippen LogP) is 2.08. The van der Waals surface area contributed by atoms with Gasteiger partial charge in [0.15, 0.2) is 5.75 Å². The van der Waals surface area contributed by atoms with Crippen molar-refractivity contribution < 1.29 is 23.0 Å². The van der Waals surface area contributed by atoms with Crippen molar-refractivity contribution in [2.24, 2.45) is 0 Å². The molecule has 1 aromatic rings. The van der Waals surface area contributed by atoms with Crippen molar-refractivity contribution in [3.05, 3.63) is 23.0 Å². The highest BCUT2D eigenvalue weighted by molar-refractivity contribution is 5.94. The number of methoxy groups -OCH3 is 1. The molecule has 0 bridgehead atoms. The number of pyridine rings is 1. The van der Waals surface area contributed by atoms with Crippen LogP contribution in [0.3, 0.4) is 0 Å². The molecule has 1 aromatic heterocycles. The average molecular weight is 256 g/mol. The van der Waals surface area contributed by atoms with Crippen LogP contribution >= 0.6 is 0 Å². The standard InChI is InChI=1S/C11H10F2N2O3/c1-3-18-11(16)8-6(4-14)7(17-2)5-15-9(8)10(12)13/h5,10H,3H2,1-2H3. The van der Waals surface area contributed by atoms with Crippen LogP contribution in [0.2, 0.25) is 0 Å². The zero-order valence-electron chi connectivity index (χ0n) is 9.74. The van der Waals surface area contributed by atoms with Gasteiger partial charge >= 0.3 is 5.97 Å². The Bertz CT molecular complexity index is 498. The Morgan fingerprint density at radius 3 is 2.72 bits per heavy atom. The molecule has 0 unspecified atom stereocenters. The second-order valence-electron chi connectivity index (χ2n) is 3.09. The van der Waals surface area contributed by atoms with Crippen LogP contribution in [0.5, 0.6) is 5.75 Å². The van der Waals surface area contributed by atoms with Crippen molar-refractivity contribution in [2.45, 2.75) is 13.3 Å². The van der Waals surface area contributed by atoms with Gasteiger partial charge in [-0.05, 0) is 6.92 Å². The lowest BCUT2D eigenvalue weighted by Gasteiger charge is -2.11. The van der Waals surface area contributed by atoms with Gasteiger partial charge in [-0.3, -0.25) is 4.98 Å². The quantitative estimate of drug-likeness (QED) is 0.771. The molecule has 0 radical (unpaired) electrons. The van der Waals surface area contributed by atoms with Crippen LogP contribution in [0.25, 0.3) is 0 Å². The Morgan fingerprint density at radius 2 is 2.28 bits per heavy atom. The third kappa shape index (κ3) is 2.53. The molecule has 0 amide bonds. The zero-order chi connectivity index (χ0) is 13.7. The van der Waals surface area contributed by atoms with Crippen molar-refractivity contribution in [1.82, 2.24) is 4.98 Å². The van der Waals surface area contributed by atoms with E-state index in [1.54, 1.807) is 6.07 Å². The Balaban J connectivity index is 3.49. The van der Waals surface area contributed by atoms with E-state index in [0.29, 0.717) is 0 Å². The van der Waals surface area contributed by atoms with E-state index in [2.05, 4.69) is 9.72 Å². The topological polar surface area (TPSA) is 72.2 Å². The number of rotatable bonds is 4. The Kier molecular flexibility index (Phi) is 4.54. The molecule has 96 valence electrons. The first-order valence-corrected chi connectivity index (χ1v) is 4.99. The van der Waals surface area contributed by atoms with Crippen LogP contribution in [0.1, 0.15) is 35.0 Å². The largest absolute Gasteiger partial charge is 0.494 e. The van der Waals surface area contributed by atoms with Gasteiger partial charge < -0.3 is 9.47 Å². The zero-order valence-corrected chi connectivity index (χ0v) is 9.74. The normalized spacial score (nSPS) is 10.0. The number of carbonyl (C=O) groups is 1. The van der Waals surface area contributed by atoms with E-state index in [-0.39, 0.29) is 17.9 Å². The Morgan fingerprint density at radius 1 is 1.61 bits per heavy atom. The molecule has 1 heterocycles. The van der Waals surface area contributed by atoms with E-state index in [9.17, 15) is 13.6 Å². The lowest BCUT2D eigenvalue weighted by molar-refractivity contribution is 0.0512. The first-order chi connectivity index (χ1) is 8.56. The number of hydrogen-bond acceptors (Lipinski definition) is 5. The van der Waals surface area contributed by atoms with E-state index in [1.165, 1.54) is 14.0 Å². The summed E-state index contributed by atoms with van der Waals surface area (Å²) in [6.45, 7) is 1.53. The number of nitriles is 1. The Hall–Kier alpha value is -2.23. The predicted molar refractivity (Wildman–Crippen MR) is 56.4 cm³/mol. The molecule has 0 aliphatic heterocycles. The van der Waals surface area contributed by atoms with Crippen LogP contribution < -0.4 is 4.74 Å². The average Bonchev–Trinajstić information content (AvgIpc) is 2.36. The molecular weight excluding hydrogens is 246 g/mol. The monoisotopic (exact) mass is 256 g/mol. The molecule has 0 fully saturated rings. The number of halogens is 2. The van der Waals surface area contributed by atoms with Crippen molar-refractivity contribution in [3.63, 3.8) is 0 Å². The summed E-state index contributed by atoms with van der Waals surface area (Å²) in [5.41, 5.74) is -1.64. The molecule has 0 spiro atoms. The van der Waals surface area contributed by atoms with E-state index < -0.39 is 23.7 Å². The summed E-state index contributed by atoms with van der Waals surface area (Å²) >= 11 is 0. The van der Waals surface area contributed by atoms with Crippen molar-refractivity contribution in [1.29, 1.82) is 5.26 Å². The summed E-state index contributed by atoms with van der Waals surface area (Å²) in [6.07, 6.45) is -2.01. The fraction of sp³-hybridized carbons (Fsp3) is 0.364. The van der Waals surface area contributed by atoms with Gasteiger partial charge in [0, 0.05) is 0 Å². The van der Waals surface area contributed by atoms with Gasteiger partial charge in [-0.15, -0.1) is 0 Å². The van der Waals surface area contributed by atoms with E-state index in [4.69, 9.17) is 10.00 Å². The van der Waals surface area contributed by atoms with Crippen LogP contribution in [0.4, 0.5) is 8.78 Å². The first-order valence-electron chi connectivity index (χ1n) is 4.99. The van der Waals surface area contributed by atoms with Gasteiger partial charge in [-0.1, -0.05) is 0 Å². The molecule has 5 nitrogen and oxygen atoms in total. The minimum atomic E-state index is -2.98. The lowest BCUT2D eigenvalue weighted by atomic mass is 10.1. The van der Waals surface area contributed by atoms with Gasteiger partial charge in [0.1, 0.15) is 22.9 Å². The van der Waals surface area contributed by atoms with Gasteiger partial charge in [0.05, 0.1) is 19.9 Å². The number of aromatic nitrogens is 1. The van der Waals surface area contributed by atoms with Gasteiger partial charge in [-0.2, -0.15) is 5.26 Å². The second kappa shape index (κ2) is 5.91. The van der Waals surface area contributed by atoms with Crippen LogP contribution in [-0.2, 0) is 4.74 Å². The third-order valence-corrected chi connectivity index (χ3v) is 2.09. The highest BCUT2D eigenvalue weighted by Crippen LogP contribution is 2.29. The first kappa shape index (κ1) is 13.8. The highest BCUT2D eigenvalue weighted by atomic mass is 19.3. The van der Waals surface area contributed by atoms with Crippen LogP contribution in [0, 0.1) is 11.3 Å². The maximum absolute atomic E-state index is 12.8. The van der Waals surface area contributed by atoms with E-state index >= 15 is 0 Å². The molecule has 0 aliphatic rings. The molecule has 0 saturated carbocycles. The lowest BCUT2D eigenvalue weighted by Crippen LogP contribution is -2.13. The van der Waals surface area contributed by atoms with Gasteiger partial charge in [0.25, 0.3) is 6.43 Å². The molecule has 0 atom stereocenters. The molecular formula is C11H10F2N2O3. The maximum Gasteiger partial charge on any atom is 0.341 e. The fourth-order valence-corrected chi connectivity index (χ4v) is 1.35. The molecule has 7 heteroatoms. The van der Waals surface area contributed by atoms with Crippen LogP contribution in [0.15, 0.2) is 6.20 Å². The number of alkyl halides is 2. The maximum atomic E-state index is 12.8. The molecule has 0 saturated heterocycles. The van der Waals surface area contributed by atoms with Crippen molar-refractivity contribution >= 4 is 5.97 Å². The van der Waals surface area contributed by atoms with Gasteiger partial charge in [-0.25, -0.2) is 13.6 Å². The highest BCUT2D eigenvalue weighted by Gasteiger charge is 2.27. The number of nitrogens with zero attached hydrogens (tertiary/aromatic N) is 2. The summed E-state index contributed by atoms with van der Waals surface area (Å²) in [6, 6.07) is 1.65. The summed E-state index contributed by atoms with van der Waals surface area (Å²) in [7, 11) is 1.24. The Labute approximate surface area is 102 Å². The number of ether oxygens (including phenoxy) is 2. The van der Waals surface area contributed by atoms with Crippen molar-refractivity contribution in [2.75, 3.05) is 13.7 Å².